The number of nitrogens with zero attached hydrogens (tertiary/aromatic N) is 1. The van der Waals surface area contributed by atoms with E-state index in [1.165, 1.54) is 13.0 Å². The zero-order valence-corrected chi connectivity index (χ0v) is 11.4. The summed E-state index contributed by atoms with van der Waals surface area (Å²) in [5.41, 5.74) is 7.09. The van der Waals surface area contributed by atoms with Gasteiger partial charge >= 0.3 is 5.97 Å². The maximum absolute atomic E-state index is 11.0. The van der Waals surface area contributed by atoms with Gasteiger partial charge in [0.25, 0.3) is 0 Å². The number of hydrogen-bond donors (Lipinski definition) is 3. The van der Waals surface area contributed by atoms with Crippen molar-refractivity contribution in [1.29, 1.82) is 0 Å². The molecule has 1 heterocycles. The number of nitrogen functional groups attached to an aromatic ring is 1. The average molecular weight is 277 g/mol. The number of anilines is 2. The van der Waals surface area contributed by atoms with E-state index in [1.807, 2.05) is 0 Å². The minimum absolute atomic E-state index is 0.00138. The van der Waals surface area contributed by atoms with Crippen LogP contribution in [-0.4, -0.2) is 36.1 Å². The summed E-state index contributed by atoms with van der Waals surface area (Å²) in [6.07, 6.45) is 1.75. The number of carboxylic acids is 1. The van der Waals surface area contributed by atoms with Gasteiger partial charge < -0.3 is 21.1 Å². The zero-order valence-electron chi connectivity index (χ0n) is 11.4. The molecule has 1 aliphatic heterocycles. The van der Waals surface area contributed by atoms with E-state index in [1.54, 1.807) is 12.1 Å². The van der Waals surface area contributed by atoms with Gasteiger partial charge in [0.2, 0.25) is 5.91 Å². The Morgan fingerprint density at radius 2 is 2.00 bits per heavy atom. The van der Waals surface area contributed by atoms with E-state index in [-0.39, 0.29) is 23.2 Å². The number of hydrogen-bond acceptors (Lipinski definition) is 4. The molecule has 0 atom stereocenters. The van der Waals surface area contributed by atoms with Crippen LogP contribution < -0.4 is 16.0 Å². The second-order valence-electron chi connectivity index (χ2n) is 5.04. The Morgan fingerprint density at radius 1 is 1.35 bits per heavy atom. The van der Waals surface area contributed by atoms with Crippen molar-refractivity contribution in [3.8, 4) is 0 Å². The van der Waals surface area contributed by atoms with Crippen LogP contribution in [0, 0.1) is 0 Å². The van der Waals surface area contributed by atoms with Gasteiger partial charge in [-0.15, -0.1) is 0 Å². The fraction of sp³-hybridized carbons (Fsp3) is 0.429. The van der Waals surface area contributed by atoms with Crippen LogP contribution in [0.4, 0.5) is 11.4 Å². The van der Waals surface area contributed by atoms with E-state index < -0.39 is 5.97 Å². The molecule has 1 amide bonds. The second-order valence-corrected chi connectivity index (χ2v) is 5.04. The first-order valence-electron chi connectivity index (χ1n) is 6.62. The Labute approximate surface area is 117 Å². The highest BCUT2D eigenvalue weighted by atomic mass is 16.4. The lowest BCUT2D eigenvalue weighted by atomic mass is 10.0. The van der Waals surface area contributed by atoms with Crippen LogP contribution in [0.2, 0.25) is 0 Å². The summed E-state index contributed by atoms with van der Waals surface area (Å²) >= 11 is 0. The van der Waals surface area contributed by atoms with Crippen molar-refractivity contribution < 1.29 is 14.7 Å². The van der Waals surface area contributed by atoms with Gasteiger partial charge in [0.05, 0.1) is 5.56 Å². The van der Waals surface area contributed by atoms with Gasteiger partial charge in [-0.05, 0) is 31.0 Å². The van der Waals surface area contributed by atoms with Crippen LogP contribution in [0.15, 0.2) is 18.2 Å². The minimum Gasteiger partial charge on any atom is -0.478 e. The molecule has 6 heteroatoms. The molecule has 20 heavy (non-hydrogen) atoms. The van der Waals surface area contributed by atoms with Crippen LogP contribution in [0.3, 0.4) is 0 Å². The SMILES string of the molecule is CC(=O)NC1CCN(c2ccc(C(=O)O)c(N)c2)CC1. The lowest BCUT2D eigenvalue weighted by molar-refractivity contribution is -0.119. The van der Waals surface area contributed by atoms with Gasteiger partial charge in [0, 0.05) is 37.4 Å². The van der Waals surface area contributed by atoms with Crippen molar-refractivity contribution in [2.45, 2.75) is 25.8 Å². The molecule has 0 bridgehead atoms. The number of nitrogens with two attached hydrogens (primary N) is 1. The maximum Gasteiger partial charge on any atom is 0.337 e. The third kappa shape index (κ3) is 3.20. The predicted molar refractivity (Wildman–Crippen MR) is 76.9 cm³/mol. The molecule has 1 aromatic carbocycles. The molecular formula is C14H19N3O3. The fourth-order valence-corrected chi connectivity index (χ4v) is 2.51. The van der Waals surface area contributed by atoms with Crippen LogP contribution in [0.25, 0.3) is 0 Å². The smallest absolute Gasteiger partial charge is 0.337 e. The van der Waals surface area contributed by atoms with Crippen molar-refractivity contribution >= 4 is 23.3 Å². The van der Waals surface area contributed by atoms with Crippen LogP contribution >= 0.6 is 0 Å². The molecular weight excluding hydrogens is 258 g/mol. The molecule has 108 valence electrons. The first kappa shape index (κ1) is 14.2. The van der Waals surface area contributed by atoms with Crippen LogP contribution in [0.1, 0.15) is 30.1 Å². The molecule has 0 aliphatic carbocycles. The Balaban J connectivity index is 2.02. The molecule has 1 aromatic rings. The van der Waals surface area contributed by atoms with Crippen LogP contribution in [-0.2, 0) is 4.79 Å². The average Bonchev–Trinajstić information content (AvgIpc) is 2.38. The molecule has 0 spiro atoms. The molecule has 1 aliphatic rings. The van der Waals surface area contributed by atoms with E-state index in [0.717, 1.165) is 31.6 Å². The normalized spacial score (nSPS) is 15.9. The van der Waals surface area contributed by atoms with Crippen molar-refractivity contribution in [1.82, 2.24) is 5.32 Å². The lowest BCUT2D eigenvalue weighted by Crippen LogP contribution is -2.44. The largest absolute Gasteiger partial charge is 0.478 e. The third-order valence-corrected chi connectivity index (χ3v) is 3.53. The highest BCUT2D eigenvalue weighted by molar-refractivity contribution is 5.94. The highest BCUT2D eigenvalue weighted by Gasteiger charge is 2.20. The quantitative estimate of drug-likeness (QED) is 0.718. The molecule has 2 rings (SSSR count). The Kier molecular flexibility index (Phi) is 4.12. The summed E-state index contributed by atoms with van der Waals surface area (Å²) in [4.78, 5) is 24.1. The van der Waals surface area contributed by atoms with Crippen molar-refractivity contribution in [2.75, 3.05) is 23.7 Å². The molecule has 1 saturated heterocycles. The van der Waals surface area contributed by atoms with E-state index >= 15 is 0 Å². The molecule has 0 unspecified atom stereocenters. The highest BCUT2D eigenvalue weighted by Crippen LogP contribution is 2.24. The van der Waals surface area contributed by atoms with Crippen molar-refractivity contribution in [2.24, 2.45) is 0 Å². The number of rotatable bonds is 3. The summed E-state index contributed by atoms with van der Waals surface area (Å²) < 4.78 is 0. The maximum atomic E-state index is 11.0. The van der Waals surface area contributed by atoms with Gasteiger partial charge in [0.1, 0.15) is 0 Å². The number of piperidine rings is 1. The predicted octanol–water partition coefficient (Wildman–Crippen LogP) is 1.07. The number of aromatic carboxylic acids is 1. The molecule has 0 aromatic heterocycles. The van der Waals surface area contributed by atoms with E-state index in [2.05, 4.69) is 10.2 Å². The molecule has 0 saturated carbocycles. The molecule has 6 nitrogen and oxygen atoms in total. The molecule has 1 fully saturated rings. The van der Waals surface area contributed by atoms with Gasteiger partial charge in [-0.2, -0.15) is 0 Å². The van der Waals surface area contributed by atoms with Gasteiger partial charge in [0.15, 0.2) is 0 Å². The van der Waals surface area contributed by atoms with E-state index in [0.29, 0.717) is 0 Å². The number of benzene rings is 1. The zero-order chi connectivity index (χ0) is 14.7. The standard InChI is InChI=1S/C14H19N3O3/c1-9(18)16-10-4-6-17(7-5-10)11-2-3-12(14(19)20)13(15)8-11/h2-3,8,10H,4-7,15H2,1H3,(H,16,18)(H,19,20). The number of nitrogens with one attached hydrogen (secondary N) is 1. The summed E-state index contributed by atoms with van der Waals surface area (Å²) in [7, 11) is 0. The van der Waals surface area contributed by atoms with Crippen LogP contribution in [0.5, 0.6) is 0 Å². The first-order chi connectivity index (χ1) is 9.47. The molecule has 0 radical (unpaired) electrons. The van der Waals surface area contributed by atoms with Crippen molar-refractivity contribution in [3.63, 3.8) is 0 Å². The monoisotopic (exact) mass is 277 g/mol. The van der Waals surface area contributed by atoms with Gasteiger partial charge in [-0.1, -0.05) is 0 Å². The van der Waals surface area contributed by atoms with Crippen molar-refractivity contribution in [3.05, 3.63) is 23.8 Å². The Bertz CT molecular complexity index is 522. The minimum atomic E-state index is -1.02. The number of carboxylic acid groups (broad SMARTS) is 1. The number of amides is 1. The number of carbonyl (C=O) groups is 2. The molecule has 4 N–H and O–H groups in total. The van der Waals surface area contributed by atoms with Gasteiger partial charge in [-0.3, -0.25) is 4.79 Å². The summed E-state index contributed by atoms with van der Waals surface area (Å²) in [6, 6.07) is 5.23. The number of carbonyl (C=O) groups excluding carboxylic acids is 1. The van der Waals surface area contributed by atoms with Gasteiger partial charge in [-0.25, -0.2) is 4.79 Å². The first-order valence-corrected chi connectivity index (χ1v) is 6.62. The fourth-order valence-electron chi connectivity index (χ4n) is 2.51. The third-order valence-electron chi connectivity index (χ3n) is 3.53. The summed E-state index contributed by atoms with van der Waals surface area (Å²) in [6.45, 7) is 3.16. The Hall–Kier alpha value is -2.24. The summed E-state index contributed by atoms with van der Waals surface area (Å²) in [5.74, 6) is -1.02. The summed E-state index contributed by atoms with van der Waals surface area (Å²) in [5, 5.41) is 11.9. The van der Waals surface area contributed by atoms with E-state index in [9.17, 15) is 9.59 Å². The second kappa shape index (κ2) is 5.81. The van der Waals surface area contributed by atoms with E-state index in [4.69, 9.17) is 10.8 Å². The lowest BCUT2D eigenvalue weighted by Gasteiger charge is -2.34. The Morgan fingerprint density at radius 3 is 2.50 bits per heavy atom. The topological polar surface area (TPSA) is 95.7 Å².